The highest BCUT2D eigenvalue weighted by atomic mass is 32.1. The fourth-order valence-electron chi connectivity index (χ4n) is 3.16. The predicted octanol–water partition coefficient (Wildman–Crippen LogP) is 2.16. The van der Waals surface area contributed by atoms with Gasteiger partial charge in [-0.15, -0.1) is 11.3 Å². The molecule has 1 aromatic heterocycles. The number of guanidine groups is 1. The van der Waals surface area contributed by atoms with E-state index in [9.17, 15) is 4.79 Å². The molecule has 2 N–H and O–H groups in total. The lowest BCUT2D eigenvalue weighted by Gasteiger charge is -2.36. The standard InChI is InChI=1S/C19H33N5OS/c1-15-8-11-24(12-9-15)16(17-6-5-13-26-17)14-22-19(20-2)21-10-7-18(25)23(3)4/h5-6,13,15-16H,7-12,14H2,1-4H3,(H2,20,21,22). The van der Waals surface area contributed by atoms with Crippen LogP contribution in [0.2, 0.25) is 0 Å². The Morgan fingerprint density at radius 2 is 2.12 bits per heavy atom. The number of carbonyl (C=O) groups is 1. The van der Waals surface area contributed by atoms with Crippen LogP contribution in [0.4, 0.5) is 0 Å². The summed E-state index contributed by atoms with van der Waals surface area (Å²) in [4.78, 5) is 21.6. The average Bonchev–Trinajstić information content (AvgIpc) is 3.15. The van der Waals surface area contributed by atoms with E-state index in [1.807, 2.05) is 11.3 Å². The minimum absolute atomic E-state index is 0.117. The van der Waals surface area contributed by atoms with Gasteiger partial charge in [-0.25, -0.2) is 0 Å². The minimum atomic E-state index is 0.117. The Hall–Kier alpha value is -1.60. The smallest absolute Gasteiger partial charge is 0.223 e. The first kappa shape index (κ1) is 20.7. The van der Waals surface area contributed by atoms with Crippen molar-refractivity contribution in [1.29, 1.82) is 0 Å². The lowest BCUT2D eigenvalue weighted by Crippen LogP contribution is -2.45. The molecular weight excluding hydrogens is 346 g/mol. The molecule has 6 nitrogen and oxygen atoms in total. The second kappa shape index (κ2) is 10.5. The number of amides is 1. The molecule has 2 rings (SSSR count). The van der Waals surface area contributed by atoms with Gasteiger partial charge in [0.25, 0.3) is 0 Å². The molecule has 1 fully saturated rings. The van der Waals surface area contributed by atoms with E-state index in [1.165, 1.54) is 17.7 Å². The highest BCUT2D eigenvalue weighted by molar-refractivity contribution is 7.10. The van der Waals surface area contributed by atoms with Crippen LogP contribution in [0.5, 0.6) is 0 Å². The zero-order valence-corrected chi connectivity index (χ0v) is 17.3. The van der Waals surface area contributed by atoms with Gasteiger partial charge in [0.15, 0.2) is 5.96 Å². The van der Waals surface area contributed by atoms with Crippen LogP contribution in [-0.4, -0.2) is 69.0 Å². The molecule has 1 aliphatic rings. The molecule has 0 radical (unpaired) electrons. The molecule has 1 amide bonds. The minimum Gasteiger partial charge on any atom is -0.356 e. The number of aliphatic imine (C=N–C) groups is 1. The van der Waals surface area contributed by atoms with Crippen molar-refractivity contribution in [3.8, 4) is 0 Å². The summed E-state index contributed by atoms with van der Waals surface area (Å²) in [6, 6.07) is 4.71. The Morgan fingerprint density at radius 3 is 2.69 bits per heavy atom. The largest absolute Gasteiger partial charge is 0.356 e. The third-order valence-corrected chi connectivity index (χ3v) is 5.92. The number of likely N-dealkylation sites (tertiary alicyclic amines) is 1. The fraction of sp³-hybridized carbons (Fsp3) is 0.684. The van der Waals surface area contributed by atoms with Gasteiger partial charge in [-0.1, -0.05) is 13.0 Å². The summed E-state index contributed by atoms with van der Waals surface area (Å²) in [5, 5.41) is 8.84. The molecule has 146 valence electrons. The van der Waals surface area contributed by atoms with E-state index < -0.39 is 0 Å². The molecule has 2 heterocycles. The number of rotatable bonds is 7. The van der Waals surface area contributed by atoms with E-state index >= 15 is 0 Å². The molecule has 0 bridgehead atoms. The van der Waals surface area contributed by atoms with E-state index in [4.69, 9.17) is 0 Å². The summed E-state index contributed by atoms with van der Waals surface area (Å²) in [7, 11) is 5.33. The van der Waals surface area contributed by atoms with E-state index in [0.29, 0.717) is 19.0 Å². The number of carbonyl (C=O) groups excluding carboxylic acids is 1. The summed E-state index contributed by atoms with van der Waals surface area (Å²) in [6.45, 7) is 6.04. The summed E-state index contributed by atoms with van der Waals surface area (Å²) in [5.74, 6) is 1.70. The Labute approximate surface area is 161 Å². The normalized spacial score (nSPS) is 17.8. The quantitative estimate of drug-likeness (QED) is 0.563. The van der Waals surface area contributed by atoms with Crippen molar-refractivity contribution in [3.63, 3.8) is 0 Å². The van der Waals surface area contributed by atoms with Crippen LogP contribution in [0.25, 0.3) is 0 Å². The molecule has 7 heteroatoms. The summed E-state index contributed by atoms with van der Waals surface area (Å²) in [6.07, 6.45) is 3.00. The van der Waals surface area contributed by atoms with Crippen LogP contribution in [0, 0.1) is 5.92 Å². The Bertz CT molecular complexity index is 564. The van der Waals surface area contributed by atoms with Gasteiger partial charge >= 0.3 is 0 Å². The Balaban J connectivity index is 1.88. The maximum Gasteiger partial charge on any atom is 0.223 e. The van der Waals surface area contributed by atoms with E-state index in [0.717, 1.165) is 31.5 Å². The predicted molar refractivity (Wildman–Crippen MR) is 110 cm³/mol. The van der Waals surface area contributed by atoms with Crippen molar-refractivity contribution in [3.05, 3.63) is 22.4 Å². The van der Waals surface area contributed by atoms with Crippen LogP contribution >= 0.6 is 11.3 Å². The van der Waals surface area contributed by atoms with Crippen LogP contribution in [-0.2, 0) is 4.79 Å². The lowest BCUT2D eigenvalue weighted by atomic mass is 9.97. The monoisotopic (exact) mass is 379 g/mol. The molecule has 0 aromatic carbocycles. The van der Waals surface area contributed by atoms with Crippen LogP contribution in [0.1, 0.15) is 37.1 Å². The molecule has 1 saturated heterocycles. The molecule has 1 atom stereocenters. The molecule has 1 aromatic rings. The van der Waals surface area contributed by atoms with Gasteiger partial charge in [0.2, 0.25) is 5.91 Å². The van der Waals surface area contributed by atoms with Crippen LogP contribution in [0.15, 0.2) is 22.5 Å². The maximum absolute atomic E-state index is 11.7. The number of nitrogens with zero attached hydrogens (tertiary/aromatic N) is 3. The van der Waals surface area contributed by atoms with Crippen LogP contribution < -0.4 is 10.6 Å². The third-order valence-electron chi connectivity index (χ3n) is 4.95. The zero-order chi connectivity index (χ0) is 18.9. The molecule has 0 saturated carbocycles. The highest BCUT2D eigenvalue weighted by Gasteiger charge is 2.25. The first-order chi connectivity index (χ1) is 12.5. The first-order valence-electron chi connectivity index (χ1n) is 9.43. The molecule has 1 aliphatic heterocycles. The van der Waals surface area contributed by atoms with Crippen molar-refractivity contribution < 1.29 is 4.79 Å². The van der Waals surface area contributed by atoms with Gasteiger partial charge in [-0.2, -0.15) is 0 Å². The van der Waals surface area contributed by atoms with Crippen molar-refractivity contribution in [2.45, 2.75) is 32.2 Å². The van der Waals surface area contributed by atoms with E-state index in [-0.39, 0.29) is 5.91 Å². The molecule has 26 heavy (non-hydrogen) atoms. The van der Waals surface area contributed by atoms with Crippen molar-refractivity contribution in [2.24, 2.45) is 10.9 Å². The van der Waals surface area contributed by atoms with Gasteiger partial charge in [0, 0.05) is 45.5 Å². The lowest BCUT2D eigenvalue weighted by molar-refractivity contribution is -0.128. The van der Waals surface area contributed by atoms with Gasteiger partial charge in [0.1, 0.15) is 0 Å². The van der Waals surface area contributed by atoms with Gasteiger partial charge < -0.3 is 15.5 Å². The van der Waals surface area contributed by atoms with Crippen LogP contribution in [0.3, 0.4) is 0 Å². The van der Waals surface area contributed by atoms with E-state index in [2.05, 4.69) is 45.0 Å². The summed E-state index contributed by atoms with van der Waals surface area (Å²) < 4.78 is 0. The SMILES string of the molecule is CN=C(NCCC(=O)N(C)C)NCC(c1cccs1)N1CCC(C)CC1. The number of nitrogens with one attached hydrogen (secondary N) is 2. The molecule has 0 aliphatic carbocycles. The molecule has 1 unspecified atom stereocenters. The Kier molecular flexibility index (Phi) is 8.38. The van der Waals surface area contributed by atoms with Gasteiger partial charge in [-0.3, -0.25) is 14.7 Å². The number of hydrogen-bond donors (Lipinski definition) is 2. The number of hydrogen-bond acceptors (Lipinski definition) is 4. The van der Waals surface area contributed by atoms with Crippen molar-refractivity contribution in [1.82, 2.24) is 20.4 Å². The topological polar surface area (TPSA) is 60.0 Å². The second-order valence-corrected chi connectivity index (χ2v) is 8.15. The number of piperidine rings is 1. The summed E-state index contributed by atoms with van der Waals surface area (Å²) in [5.41, 5.74) is 0. The van der Waals surface area contributed by atoms with Gasteiger partial charge in [-0.05, 0) is 43.3 Å². The zero-order valence-electron chi connectivity index (χ0n) is 16.5. The summed E-state index contributed by atoms with van der Waals surface area (Å²) >= 11 is 1.82. The fourth-order valence-corrected chi connectivity index (χ4v) is 4.02. The highest BCUT2D eigenvalue weighted by Crippen LogP contribution is 2.28. The van der Waals surface area contributed by atoms with Crippen molar-refractivity contribution >= 4 is 23.2 Å². The first-order valence-corrected chi connectivity index (χ1v) is 10.3. The van der Waals surface area contributed by atoms with Gasteiger partial charge in [0.05, 0.1) is 6.04 Å². The van der Waals surface area contributed by atoms with Crippen molar-refractivity contribution in [2.75, 3.05) is 47.3 Å². The number of thiophene rings is 1. The third kappa shape index (κ3) is 6.29. The van der Waals surface area contributed by atoms with E-state index in [1.54, 1.807) is 26.0 Å². The molecule has 0 spiro atoms. The maximum atomic E-state index is 11.7. The Morgan fingerprint density at radius 1 is 1.38 bits per heavy atom. The molecular formula is C19H33N5OS. The second-order valence-electron chi connectivity index (χ2n) is 7.17. The average molecular weight is 380 g/mol.